The Morgan fingerprint density at radius 3 is 2.56 bits per heavy atom. The number of hydrogen-bond donors (Lipinski definition) is 1. The second-order valence-electron chi connectivity index (χ2n) is 10.8. The van der Waals surface area contributed by atoms with E-state index in [9.17, 15) is 9.59 Å². The van der Waals surface area contributed by atoms with Gasteiger partial charge in [0.15, 0.2) is 0 Å². The molecule has 0 fully saturated rings. The van der Waals surface area contributed by atoms with Crippen molar-refractivity contribution in [3.8, 4) is 11.4 Å². The van der Waals surface area contributed by atoms with Crippen LogP contribution >= 0.6 is 23.4 Å². The second kappa shape index (κ2) is 12.0. The van der Waals surface area contributed by atoms with Crippen molar-refractivity contribution in [3.63, 3.8) is 0 Å². The van der Waals surface area contributed by atoms with E-state index in [0.29, 0.717) is 16.6 Å². The standard InChI is InChI=1S/C31H32ClN5O3S/c1-31(2,3)29-27-28(20-8-7-9-21(32)16-20)41-19-26(39)36(18-25(38)34-17-22-10-5-6-15-33-22)30(27)37(35-29)23-11-13-24(40-4)14-12-23/h5-16,28H,17-19H2,1-4H3,(H,34,38). The lowest BCUT2D eigenvalue weighted by atomic mass is 9.87. The van der Waals surface area contributed by atoms with Crippen LogP contribution in [0.1, 0.15) is 48.5 Å². The van der Waals surface area contributed by atoms with Crippen molar-refractivity contribution in [2.45, 2.75) is 38.0 Å². The number of aromatic nitrogens is 3. The van der Waals surface area contributed by atoms with Gasteiger partial charge in [-0.3, -0.25) is 19.5 Å². The van der Waals surface area contributed by atoms with Gasteiger partial charge in [-0.25, -0.2) is 4.68 Å². The number of ether oxygens (including phenoxy) is 1. The predicted octanol–water partition coefficient (Wildman–Crippen LogP) is 5.71. The monoisotopic (exact) mass is 589 g/mol. The zero-order chi connectivity index (χ0) is 29.1. The fraction of sp³-hybridized carbons (Fsp3) is 0.290. The molecule has 0 bridgehead atoms. The highest BCUT2D eigenvalue weighted by molar-refractivity contribution is 8.00. The highest BCUT2D eigenvalue weighted by atomic mass is 35.5. The number of thioether (sulfide) groups is 1. The Morgan fingerprint density at radius 2 is 1.90 bits per heavy atom. The quantitative estimate of drug-likeness (QED) is 0.297. The summed E-state index contributed by atoms with van der Waals surface area (Å²) >= 11 is 7.94. The minimum atomic E-state index is -0.362. The molecule has 0 aliphatic carbocycles. The Labute approximate surface area is 249 Å². The maximum Gasteiger partial charge on any atom is 0.240 e. The van der Waals surface area contributed by atoms with Gasteiger partial charge < -0.3 is 10.1 Å². The Hall–Kier alpha value is -3.82. The van der Waals surface area contributed by atoms with Crippen molar-refractivity contribution in [2.75, 3.05) is 24.3 Å². The first-order chi connectivity index (χ1) is 19.7. The molecule has 8 nitrogen and oxygen atoms in total. The number of fused-ring (bicyclic) bond motifs is 1. The summed E-state index contributed by atoms with van der Waals surface area (Å²) in [5, 5.41) is 8.41. The maximum atomic E-state index is 13.8. The number of anilines is 1. The smallest absolute Gasteiger partial charge is 0.240 e. The molecule has 1 unspecified atom stereocenters. The zero-order valence-corrected chi connectivity index (χ0v) is 25.0. The number of hydrogen-bond acceptors (Lipinski definition) is 6. The predicted molar refractivity (Wildman–Crippen MR) is 163 cm³/mol. The first-order valence-electron chi connectivity index (χ1n) is 13.3. The van der Waals surface area contributed by atoms with Gasteiger partial charge in [0.05, 0.1) is 41.7 Å². The van der Waals surface area contributed by atoms with E-state index in [0.717, 1.165) is 28.2 Å². The summed E-state index contributed by atoms with van der Waals surface area (Å²) in [4.78, 5) is 32.9. The van der Waals surface area contributed by atoms with Crippen LogP contribution in [0.15, 0.2) is 72.9 Å². The van der Waals surface area contributed by atoms with Gasteiger partial charge in [0, 0.05) is 22.2 Å². The molecule has 1 atom stereocenters. The molecule has 1 aliphatic rings. The summed E-state index contributed by atoms with van der Waals surface area (Å²) in [6, 6.07) is 20.7. The first kappa shape index (κ1) is 28.7. The molecule has 1 N–H and O–H groups in total. The van der Waals surface area contributed by atoms with E-state index in [1.165, 1.54) is 11.8 Å². The zero-order valence-electron chi connectivity index (χ0n) is 23.4. The SMILES string of the molecule is COc1ccc(-n2nc(C(C)(C)C)c3c2N(CC(=O)NCc2ccccn2)C(=O)CSC3c2cccc(Cl)c2)cc1. The summed E-state index contributed by atoms with van der Waals surface area (Å²) in [5.41, 5.74) is 3.83. The normalized spacial score (nSPS) is 15.3. The average molecular weight is 590 g/mol. The summed E-state index contributed by atoms with van der Waals surface area (Å²) < 4.78 is 7.15. The van der Waals surface area contributed by atoms with E-state index < -0.39 is 0 Å². The molecule has 0 radical (unpaired) electrons. The van der Waals surface area contributed by atoms with Gasteiger partial charge in [-0.05, 0) is 54.1 Å². The number of benzene rings is 2. The fourth-order valence-corrected chi connectivity index (χ4v) is 6.19. The van der Waals surface area contributed by atoms with Crippen molar-refractivity contribution < 1.29 is 14.3 Å². The number of nitrogens with one attached hydrogen (secondary N) is 1. The molecule has 41 heavy (non-hydrogen) atoms. The molecule has 5 rings (SSSR count). The summed E-state index contributed by atoms with van der Waals surface area (Å²) in [7, 11) is 1.61. The molecule has 2 amide bonds. The van der Waals surface area contributed by atoms with Crippen LogP contribution in [0, 0.1) is 0 Å². The number of rotatable bonds is 7. The molecule has 4 aromatic rings. The number of halogens is 1. The molecular weight excluding hydrogens is 558 g/mol. The molecule has 2 aromatic carbocycles. The van der Waals surface area contributed by atoms with Crippen LogP contribution in [0.4, 0.5) is 5.82 Å². The van der Waals surface area contributed by atoms with Crippen LogP contribution in [0.5, 0.6) is 5.75 Å². The molecular formula is C31H32ClN5O3S. The van der Waals surface area contributed by atoms with Crippen molar-refractivity contribution >= 4 is 41.0 Å². The van der Waals surface area contributed by atoms with Crippen LogP contribution in [0.25, 0.3) is 5.69 Å². The fourth-order valence-electron chi connectivity index (χ4n) is 4.80. The van der Waals surface area contributed by atoms with Crippen LogP contribution in [-0.2, 0) is 21.5 Å². The van der Waals surface area contributed by atoms with Crippen molar-refractivity contribution in [1.29, 1.82) is 0 Å². The van der Waals surface area contributed by atoms with E-state index in [-0.39, 0.29) is 41.3 Å². The summed E-state index contributed by atoms with van der Waals surface area (Å²) in [6.45, 7) is 6.41. The largest absolute Gasteiger partial charge is 0.497 e. The number of carbonyl (C=O) groups is 2. The number of nitrogens with zero attached hydrogens (tertiary/aromatic N) is 4. The van der Waals surface area contributed by atoms with Gasteiger partial charge in [-0.15, -0.1) is 11.8 Å². The van der Waals surface area contributed by atoms with Gasteiger partial charge >= 0.3 is 0 Å². The van der Waals surface area contributed by atoms with E-state index in [1.54, 1.807) is 22.9 Å². The van der Waals surface area contributed by atoms with E-state index in [2.05, 4.69) is 31.1 Å². The molecule has 0 saturated carbocycles. The maximum absolute atomic E-state index is 13.8. The van der Waals surface area contributed by atoms with Gasteiger partial charge in [0.25, 0.3) is 0 Å². The highest BCUT2D eigenvalue weighted by Gasteiger charge is 2.40. The summed E-state index contributed by atoms with van der Waals surface area (Å²) in [5.74, 6) is 1.00. The molecule has 0 spiro atoms. The third-order valence-electron chi connectivity index (χ3n) is 6.76. The topological polar surface area (TPSA) is 89.3 Å². The van der Waals surface area contributed by atoms with Crippen LogP contribution in [-0.4, -0.2) is 46.0 Å². The number of carbonyl (C=O) groups excluding carboxylic acids is 2. The molecule has 0 saturated heterocycles. The summed E-state index contributed by atoms with van der Waals surface area (Å²) in [6.07, 6.45) is 1.68. The molecule has 1 aliphatic heterocycles. The van der Waals surface area contributed by atoms with Crippen LogP contribution in [0.3, 0.4) is 0 Å². The lowest BCUT2D eigenvalue weighted by Crippen LogP contribution is -2.42. The van der Waals surface area contributed by atoms with Crippen LogP contribution in [0.2, 0.25) is 5.02 Å². The number of pyridine rings is 1. The molecule has 10 heteroatoms. The van der Waals surface area contributed by atoms with E-state index in [1.807, 2.05) is 66.7 Å². The van der Waals surface area contributed by atoms with Crippen LogP contribution < -0.4 is 15.0 Å². The Balaban J connectivity index is 1.65. The third-order valence-corrected chi connectivity index (χ3v) is 8.25. The van der Waals surface area contributed by atoms with Gasteiger partial charge in [-0.1, -0.05) is 50.6 Å². The lowest BCUT2D eigenvalue weighted by molar-refractivity contribution is -0.123. The van der Waals surface area contributed by atoms with Crippen molar-refractivity contribution in [3.05, 3.63) is 100 Å². The van der Waals surface area contributed by atoms with Gasteiger partial charge in [-0.2, -0.15) is 5.10 Å². The minimum absolute atomic E-state index is 0.160. The van der Waals surface area contributed by atoms with Gasteiger partial charge in [0.2, 0.25) is 11.8 Å². The number of amides is 2. The second-order valence-corrected chi connectivity index (χ2v) is 12.3. The third kappa shape index (κ3) is 6.26. The van der Waals surface area contributed by atoms with E-state index >= 15 is 0 Å². The van der Waals surface area contributed by atoms with Crippen molar-refractivity contribution in [2.24, 2.45) is 0 Å². The number of methoxy groups -OCH3 is 1. The molecule has 3 heterocycles. The first-order valence-corrected chi connectivity index (χ1v) is 14.7. The Morgan fingerprint density at radius 1 is 1.12 bits per heavy atom. The highest BCUT2D eigenvalue weighted by Crippen LogP contribution is 2.48. The lowest BCUT2D eigenvalue weighted by Gasteiger charge is -2.24. The Kier molecular flexibility index (Phi) is 8.37. The van der Waals surface area contributed by atoms with Gasteiger partial charge in [0.1, 0.15) is 18.1 Å². The minimum Gasteiger partial charge on any atom is -0.497 e. The average Bonchev–Trinajstić information content (AvgIpc) is 3.30. The van der Waals surface area contributed by atoms with E-state index in [4.69, 9.17) is 21.4 Å². The molecule has 2 aromatic heterocycles. The molecule has 212 valence electrons. The Bertz CT molecular complexity index is 1550. The van der Waals surface area contributed by atoms with Crippen molar-refractivity contribution in [1.82, 2.24) is 20.1 Å².